The van der Waals surface area contributed by atoms with E-state index in [-0.39, 0.29) is 18.2 Å². The van der Waals surface area contributed by atoms with E-state index in [1.54, 1.807) is 12.5 Å². The highest BCUT2D eigenvalue weighted by molar-refractivity contribution is 5.31. The Morgan fingerprint density at radius 2 is 1.95 bits per heavy atom. The van der Waals surface area contributed by atoms with Gasteiger partial charge in [0.1, 0.15) is 6.61 Å². The summed E-state index contributed by atoms with van der Waals surface area (Å²) in [5.74, 6) is -2.10. The molecule has 2 rings (SSSR count). The minimum atomic E-state index is -0.829. The van der Waals surface area contributed by atoms with E-state index >= 15 is 0 Å². The second kappa shape index (κ2) is 6.00. The van der Waals surface area contributed by atoms with Gasteiger partial charge in [-0.05, 0) is 31.5 Å². The van der Waals surface area contributed by atoms with Crippen LogP contribution in [0.2, 0.25) is 0 Å². The van der Waals surface area contributed by atoms with Gasteiger partial charge in [-0.1, -0.05) is 0 Å². The summed E-state index contributed by atoms with van der Waals surface area (Å²) in [5.41, 5.74) is 0.893. The Morgan fingerprint density at radius 3 is 2.50 bits per heavy atom. The van der Waals surface area contributed by atoms with Crippen LogP contribution in [0.15, 0.2) is 24.7 Å². The lowest BCUT2D eigenvalue weighted by atomic mass is 10.2. The molecule has 0 aliphatic carbocycles. The van der Waals surface area contributed by atoms with Crippen LogP contribution in [0, 0.1) is 11.6 Å². The molecule has 0 aliphatic rings. The van der Waals surface area contributed by atoms with E-state index < -0.39 is 24.0 Å². The standard InChI is InChI=1S/C14H16F2N2O2/c1-9(2)18-8-17-5-11(18)7-20-14-12(15)3-10(6-19)4-13(14)16/h3-5,8-9,19H,6-7H2,1-2H3. The van der Waals surface area contributed by atoms with Crippen molar-refractivity contribution in [2.45, 2.75) is 33.1 Å². The van der Waals surface area contributed by atoms with Crippen molar-refractivity contribution in [3.05, 3.63) is 47.5 Å². The van der Waals surface area contributed by atoms with Crippen LogP contribution in [-0.4, -0.2) is 14.7 Å². The lowest BCUT2D eigenvalue weighted by molar-refractivity contribution is 0.258. The van der Waals surface area contributed by atoms with Gasteiger partial charge >= 0.3 is 0 Å². The molecule has 0 saturated heterocycles. The zero-order valence-corrected chi connectivity index (χ0v) is 11.3. The molecule has 1 N–H and O–H groups in total. The van der Waals surface area contributed by atoms with Gasteiger partial charge in [0, 0.05) is 6.04 Å². The number of hydrogen-bond donors (Lipinski definition) is 1. The molecule has 0 amide bonds. The number of ether oxygens (including phenoxy) is 1. The van der Waals surface area contributed by atoms with Gasteiger partial charge in [-0.25, -0.2) is 13.8 Å². The number of imidazole rings is 1. The molecule has 0 saturated carbocycles. The van der Waals surface area contributed by atoms with Gasteiger partial charge in [0.15, 0.2) is 17.4 Å². The maximum Gasteiger partial charge on any atom is 0.191 e. The zero-order valence-electron chi connectivity index (χ0n) is 11.3. The third-order valence-corrected chi connectivity index (χ3v) is 2.91. The summed E-state index contributed by atoms with van der Waals surface area (Å²) in [5, 5.41) is 8.87. The van der Waals surface area contributed by atoms with Crippen molar-refractivity contribution in [3.63, 3.8) is 0 Å². The van der Waals surface area contributed by atoms with Gasteiger partial charge in [0.05, 0.1) is 24.8 Å². The number of benzene rings is 1. The van der Waals surface area contributed by atoms with Gasteiger partial charge in [-0.3, -0.25) is 0 Å². The van der Waals surface area contributed by atoms with Gasteiger partial charge in [0.25, 0.3) is 0 Å². The summed E-state index contributed by atoms with van der Waals surface area (Å²) < 4.78 is 34.4. The highest BCUT2D eigenvalue weighted by atomic mass is 19.1. The number of aliphatic hydroxyl groups is 1. The van der Waals surface area contributed by atoms with E-state index in [2.05, 4.69) is 4.98 Å². The molecule has 0 bridgehead atoms. The molecule has 20 heavy (non-hydrogen) atoms. The van der Waals surface area contributed by atoms with Crippen molar-refractivity contribution in [1.29, 1.82) is 0 Å². The van der Waals surface area contributed by atoms with E-state index in [4.69, 9.17) is 9.84 Å². The maximum atomic E-state index is 13.7. The molecule has 0 aliphatic heterocycles. The van der Waals surface area contributed by atoms with Crippen LogP contribution in [0.5, 0.6) is 5.75 Å². The Balaban J connectivity index is 2.17. The number of aliphatic hydroxyl groups excluding tert-OH is 1. The molecule has 0 atom stereocenters. The lowest BCUT2D eigenvalue weighted by Gasteiger charge is -2.13. The summed E-state index contributed by atoms with van der Waals surface area (Å²) >= 11 is 0. The normalized spacial score (nSPS) is 11.1. The molecule has 108 valence electrons. The number of halogens is 2. The molecule has 1 heterocycles. The molecule has 0 unspecified atom stereocenters. The molecule has 0 fully saturated rings. The first kappa shape index (κ1) is 14.5. The van der Waals surface area contributed by atoms with Crippen LogP contribution in [0.3, 0.4) is 0 Å². The minimum Gasteiger partial charge on any atom is -0.481 e. The average molecular weight is 282 g/mol. The SMILES string of the molecule is CC(C)n1cncc1COc1c(F)cc(CO)cc1F. The third-order valence-electron chi connectivity index (χ3n) is 2.91. The van der Waals surface area contributed by atoms with Gasteiger partial charge in [-0.15, -0.1) is 0 Å². The predicted molar refractivity (Wildman–Crippen MR) is 69.2 cm³/mol. The molecule has 0 radical (unpaired) electrons. The third kappa shape index (κ3) is 2.96. The van der Waals surface area contributed by atoms with Crippen molar-refractivity contribution in [3.8, 4) is 5.75 Å². The molecule has 1 aromatic heterocycles. The smallest absolute Gasteiger partial charge is 0.191 e. The van der Waals surface area contributed by atoms with Gasteiger partial charge < -0.3 is 14.4 Å². The summed E-state index contributed by atoms with van der Waals surface area (Å²) in [6.07, 6.45) is 3.24. The minimum absolute atomic E-state index is 0.0183. The monoisotopic (exact) mass is 282 g/mol. The first-order valence-corrected chi connectivity index (χ1v) is 6.25. The summed E-state index contributed by atoms with van der Waals surface area (Å²) in [7, 11) is 0. The van der Waals surface area contributed by atoms with Gasteiger partial charge in [-0.2, -0.15) is 0 Å². The molecular weight excluding hydrogens is 266 g/mol. The fourth-order valence-electron chi connectivity index (χ4n) is 1.90. The summed E-state index contributed by atoms with van der Waals surface area (Å²) in [6.45, 7) is 3.55. The van der Waals surface area contributed by atoms with E-state index in [0.29, 0.717) is 0 Å². The van der Waals surface area contributed by atoms with E-state index in [1.807, 2.05) is 18.4 Å². The Labute approximate surface area is 115 Å². The lowest BCUT2D eigenvalue weighted by Crippen LogP contribution is -2.08. The van der Waals surface area contributed by atoms with Crippen LogP contribution in [-0.2, 0) is 13.2 Å². The highest BCUT2D eigenvalue weighted by Crippen LogP contribution is 2.24. The van der Waals surface area contributed by atoms with Gasteiger partial charge in [0.2, 0.25) is 0 Å². The predicted octanol–water partition coefficient (Wildman–Crippen LogP) is 2.81. The van der Waals surface area contributed by atoms with Crippen LogP contribution >= 0.6 is 0 Å². The fraction of sp³-hybridized carbons (Fsp3) is 0.357. The van der Waals surface area contributed by atoms with Crippen molar-refractivity contribution in [2.75, 3.05) is 0 Å². The summed E-state index contributed by atoms with van der Waals surface area (Å²) in [6, 6.07) is 2.29. The summed E-state index contributed by atoms with van der Waals surface area (Å²) in [4.78, 5) is 3.99. The first-order valence-electron chi connectivity index (χ1n) is 6.25. The van der Waals surface area contributed by atoms with Crippen LogP contribution in [0.1, 0.15) is 31.1 Å². The topological polar surface area (TPSA) is 47.3 Å². The molecular formula is C14H16F2N2O2. The van der Waals surface area contributed by atoms with E-state index in [1.165, 1.54) is 0 Å². The molecule has 4 nitrogen and oxygen atoms in total. The Kier molecular flexibility index (Phi) is 4.34. The Bertz CT molecular complexity index is 574. The number of aromatic nitrogens is 2. The molecule has 1 aromatic carbocycles. The largest absolute Gasteiger partial charge is 0.481 e. The first-order chi connectivity index (χ1) is 9.52. The fourth-order valence-corrected chi connectivity index (χ4v) is 1.90. The number of rotatable bonds is 5. The van der Waals surface area contributed by atoms with Crippen molar-refractivity contribution < 1.29 is 18.6 Å². The second-order valence-corrected chi connectivity index (χ2v) is 4.72. The van der Waals surface area contributed by atoms with Crippen LogP contribution in [0.4, 0.5) is 8.78 Å². The maximum absolute atomic E-state index is 13.7. The Morgan fingerprint density at radius 1 is 1.30 bits per heavy atom. The van der Waals surface area contributed by atoms with Crippen molar-refractivity contribution in [1.82, 2.24) is 9.55 Å². The Hall–Kier alpha value is -1.95. The van der Waals surface area contributed by atoms with Crippen molar-refractivity contribution in [2.24, 2.45) is 0 Å². The molecule has 6 heteroatoms. The second-order valence-electron chi connectivity index (χ2n) is 4.72. The van der Waals surface area contributed by atoms with Crippen molar-refractivity contribution >= 4 is 0 Å². The zero-order chi connectivity index (χ0) is 14.7. The highest BCUT2D eigenvalue weighted by Gasteiger charge is 2.14. The molecule has 2 aromatic rings. The van der Waals surface area contributed by atoms with E-state index in [9.17, 15) is 8.78 Å². The number of nitrogens with zero attached hydrogens (tertiary/aromatic N) is 2. The average Bonchev–Trinajstić information content (AvgIpc) is 2.86. The quantitative estimate of drug-likeness (QED) is 0.917. The van der Waals surface area contributed by atoms with Crippen LogP contribution in [0.25, 0.3) is 0 Å². The van der Waals surface area contributed by atoms with Crippen LogP contribution < -0.4 is 4.74 Å². The molecule has 0 spiro atoms. The van der Waals surface area contributed by atoms with E-state index in [0.717, 1.165) is 17.8 Å². The number of hydrogen-bond acceptors (Lipinski definition) is 3.